The molecule has 2 heteroatoms. The number of allylic oxidation sites excluding steroid dienone is 1. The number of methoxy groups -OCH3 is 1. The Bertz CT molecular complexity index is 600. The molecule has 0 amide bonds. The topological polar surface area (TPSA) is 9.23 Å². The summed E-state index contributed by atoms with van der Waals surface area (Å²) in [4.78, 5) is 0.833. The van der Waals surface area contributed by atoms with E-state index in [-0.39, 0.29) is 0 Å². The molecule has 0 aliphatic rings. The molecule has 0 spiro atoms. The van der Waals surface area contributed by atoms with Crippen LogP contribution in [0.1, 0.15) is 16.7 Å². The first-order valence-corrected chi connectivity index (χ1v) is 6.53. The lowest BCUT2D eigenvalue weighted by molar-refractivity contribution is 0.411. The Kier molecular flexibility index (Phi) is 4.48. The number of thiocarbonyl (C=S) groups is 1. The number of ether oxygens (including phenoxy) is 1. The van der Waals surface area contributed by atoms with E-state index in [1.165, 1.54) is 0 Å². The first kappa shape index (κ1) is 13.5. The van der Waals surface area contributed by atoms with Gasteiger partial charge in [-0.25, -0.2) is 0 Å². The van der Waals surface area contributed by atoms with Crippen LogP contribution >= 0.6 is 12.2 Å². The fourth-order valence-corrected chi connectivity index (χ4v) is 2.01. The number of hydrogen-bond donors (Lipinski definition) is 0. The molecule has 0 radical (unpaired) electrons. The van der Waals surface area contributed by atoms with Gasteiger partial charge in [-0.1, -0.05) is 60.8 Å². The van der Waals surface area contributed by atoms with Crippen LogP contribution in [0.4, 0.5) is 0 Å². The highest BCUT2D eigenvalue weighted by Crippen LogP contribution is 2.20. The minimum absolute atomic E-state index is 0.833. The molecule has 0 bridgehead atoms. The fraction of sp³-hybridized carbons (Fsp3) is 0.118. The highest BCUT2D eigenvalue weighted by molar-refractivity contribution is 7.81. The molecule has 0 fully saturated rings. The predicted molar refractivity (Wildman–Crippen MR) is 84.9 cm³/mol. The van der Waals surface area contributed by atoms with Crippen molar-refractivity contribution in [1.29, 1.82) is 0 Å². The Morgan fingerprint density at radius 3 is 2.53 bits per heavy atom. The zero-order valence-electron chi connectivity index (χ0n) is 11.1. The highest BCUT2D eigenvalue weighted by atomic mass is 32.1. The van der Waals surface area contributed by atoms with Crippen molar-refractivity contribution in [2.75, 3.05) is 7.11 Å². The van der Waals surface area contributed by atoms with Crippen LogP contribution < -0.4 is 4.74 Å². The maximum absolute atomic E-state index is 5.39. The van der Waals surface area contributed by atoms with E-state index in [0.29, 0.717) is 0 Å². The van der Waals surface area contributed by atoms with Gasteiger partial charge in [0.25, 0.3) is 0 Å². The minimum Gasteiger partial charge on any atom is -0.496 e. The van der Waals surface area contributed by atoms with Gasteiger partial charge in [-0.05, 0) is 35.8 Å². The standard InChI is InChI=1S/C17H16OS/c1-13-8-9-14(12-16(13)18-2)10-11-17(19)15-6-4-3-5-7-15/h3-12H,1-2H3. The van der Waals surface area contributed by atoms with Gasteiger partial charge in [0.05, 0.1) is 7.11 Å². The molecule has 2 aromatic rings. The summed E-state index contributed by atoms with van der Waals surface area (Å²) < 4.78 is 5.31. The predicted octanol–water partition coefficient (Wildman–Crippen LogP) is 4.44. The largest absolute Gasteiger partial charge is 0.496 e. The smallest absolute Gasteiger partial charge is 0.122 e. The summed E-state index contributed by atoms with van der Waals surface area (Å²) in [6, 6.07) is 16.1. The van der Waals surface area contributed by atoms with Crippen LogP contribution in [0.3, 0.4) is 0 Å². The van der Waals surface area contributed by atoms with Crippen molar-refractivity contribution in [1.82, 2.24) is 0 Å². The normalized spacial score (nSPS) is 10.6. The van der Waals surface area contributed by atoms with Gasteiger partial charge >= 0.3 is 0 Å². The molecule has 0 unspecified atom stereocenters. The van der Waals surface area contributed by atoms with E-state index in [1.807, 2.05) is 61.5 Å². The van der Waals surface area contributed by atoms with Crippen LogP contribution in [0.15, 0.2) is 54.6 Å². The summed E-state index contributed by atoms with van der Waals surface area (Å²) in [5.74, 6) is 0.896. The van der Waals surface area contributed by atoms with E-state index in [2.05, 4.69) is 6.07 Å². The Hall–Kier alpha value is -1.93. The van der Waals surface area contributed by atoms with Gasteiger partial charge in [-0.2, -0.15) is 0 Å². The van der Waals surface area contributed by atoms with E-state index >= 15 is 0 Å². The molecule has 0 saturated heterocycles. The molecule has 1 nitrogen and oxygen atoms in total. The van der Waals surface area contributed by atoms with Crippen molar-refractivity contribution in [3.05, 3.63) is 71.3 Å². The number of hydrogen-bond acceptors (Lipinski definition) is 2. The van der Waals surface area contributed by atoms with Crippen LogP contribution in [0.2, 0.25) is 0 Å². The molecule has 96 valence electrons. The van der Waals surface area contributed by atoms with E-state index in [1.54, 1.807) is 7.11 Å². The average molecular weight is 268 g/mol. The van der Waals surface area contributed by atoms with Crippen molar-refractivity contribution in [2.45, 2.75) is 6.92 Å². The van der Waals surface area contributed by atoms with Gasteiger partial charge in [0.15, 0.2) is 0 Å². The van der Waals surface area contributed by atoms with Crippen molar-refractivity contribution in [3.63, 3.8) is 0 Å². The quantitative estimate of drug-likeness (QED) is 0.461. The van der Waals surface area contributed by atoms with E-state index < -0.39 is 0 Å². The molecule has 0 aliphatic carbocycles. The third-order valence-electron chi connectivity index (χ3n) is 2.92. The van der Waals surface area contributed by atoms with Gasteiger partial charge in [0, 0.05) is 4.86 Å². The summed E-state index contributed by atoms with van der Waals surface area (Å²) >= 11 is 5.39. The lowest BCUT2D eigenvalue weighted by Crippen LogP contribution is -1.91. The van der Waals surface area contributed by atoms with Crippen LogP contribution in [-0.4, -0.2) is 12.0 Å². The zero-order valence-corrected chi connectivity index (χ0v) is 11.9. The molecule has 2 rings (SSSR count). The van der Waals surface area contributed by atoms with Crippen LogP contribution in [-0.2, 0) is 0 Å². The van der Waals surface area contributed by atoms with Gasteiger partial charge in [0.1, 0.15) is 5.75 Å². The third-order valence-corrected chi connectivity index (χ3v) is 3.29. The van der Waals surface area contributed by atoms with Crippen LogP contribution in [0, 0.1) is 6.92 Å². The SMILES string of the molecule is COc1cc(C=CC(=S)c2ccccc2)ccc1C. The second kappa shape index (κ2) is 6.30. The van der Waals surface area contributed by atoms with Gasteiger partial charge in [-0.3, -0.25) is 0 Å². The molecular weight excluding hydrogens is 252 g/mol. The maximum Gasteiger partial charge on any atom is 0.122 e. The van der Waals surface area contributed by atoms with E-state index in [4.69, 9.17) is 17.0 Å². The Morgan fingerprint density at radius 1 is 1.11 bits per heavy atom. The average Bonchev–Trinajstić information content (AvgIpc) is 2.47. The van der Waals surface area contributed by atoms with Crippen molar-refractivity contribution in [3.8, 4) is 5.75 Å². The summed E-state index contributed by atoms with van der Waals surface area (Å²) in [6.07, 6.45) is 3.96. The molecule has 0 atom stereocenters. The number of rotatable bonds is 4. The summed E-state index contributed by atoms with van der Waals surface area (Å²) in [6.45, 7) is 2.03. The van der Waals surface area contributed by atoms with E-state index in [9.17, 15) is 0 Å². The zero-order chi connectivity index (χ0) is 13.7. The summed E-state index contributed by atoms with van der Waals surface area (Å²) in [7, 11) is 1.68. The Balaban J connectivity index is 2.17. The minimum atomic E-state index is 0.833. The second-order valence-electron chi connectivity index (χ2n) is 4.29. The Morgan fingerprint density at radius 2 is 1.84 bits per heavy atom. The summed E-state index contributed by atoms with van der Waals surface area (Å²) in [5, 5.41) is 0. The second-order valence-corrected chi connectivity index (χ2v) is 4.73. The number of benzene rings is 2. The van der Waals surface area contributed by atoms with Gasteiger partial charge in [-0.15, -0.1) is 0 Å². The molecule has 2 aromatic carbocycles. The fourth-order valence-electron chi connectivity index (χ4n) is 1.81. The molecule has 0 aliphatic heterocycles. The first-order valence-electron chi connectivity index (χ1n) is 6.13. The molecule has 0 heterocycles. The molecular formula is C17H16OS. The first-order chi connectivity index (χ1) is 9.20. The van der Waals surface area contributed by atoms with Crippen molar-refractivity contribution >= 4 is 23.2 Å². The lowest BCUT2D eigenvalue weighted by atomic mass is 10.1. The molecule has 0 N–H and O–H groups in total. The van der Waals surface area contributed by atoms with Gasteiger partial charge in [0.2, 0.25) is 0 Å². The third kappa shape index (κ3) is 3.52. The van der Waals surface area contributed by atoms with Crippen molar-refractivity contribution in [2.24, 2.45) is 0 Å². The summed E-state index contributed by atoms with van der Waals surface area (Å²) in [5.41, 5.74) is 3.28. The maximum atomic E-state index is 5.39. The molecule has 19 heavy (non-hydrogen) atoms. The van der Waals surface area contributed by atoms with Crippen LogP contribution in [0.25, 0.3) is 6.08 Å². The Labute approximate surface area is 119 Å². The monoisotopic (exact) mass is 268 g/mol. The molecule has 0 aromatic heterocycles. The van der Waals surface area contributed by atoms with Gasteiger partial charge < -0.3 is 4.74 Å². The number of aryl methyl sites for hydroxylation is 1. The highest BCUT2D eigenvalue weighted by Gasteiger charge is 1.99. The van der Waals surface area contributed by atoms with Crippen molar-refractivity contribution < 1.29 is 4.74 Å². The van der Waals surface area contributed by atoms with Crippen LogP contribution in [0.5, 0.6) is 5.75 Å². The van der Waals surface area contributed by atoms with E-state index in [0.717, 1.165) is 27.3 Å². The lowest BCUT2D eigenvalue weighted by Gasteiger charge is -2.05. The molecule has 0 saturated carbocycles.